The van der Waals surface area contributed by atoms with Crippen molar-refractivity contribution in [2.45, 2.75) is 39.8 Å². The van der Waals surface area contributed by atoms with E-state index in [0.29, 0.717) is 11.5 Å². The standard InChI is InChI=1S/C16H18F3N3O2/c1-7(11-5-12(17)15(19)13(18)6-11)20-16(23)21-8(2)14-9(3)22-24-10(14)4/h5-8H,1-4H3,(H2,20,21,23)/t7-,8-/m0/s1. The van der Waals surface area contributed by atoms with Gasteiger partial charge in [0, 0.05) is 5.56 Å². The molecular formula is C16H18F3N3O2. The molecule has 2 amide bonds. The molecule has 0 unspecified atom stereocenters. The van der Waals surface area contributed by atoms with Crippen LogP contribution in [0.1, 0.15) is 48.5 Å². The molecular weight excluding hydrogens is 323 g/mol. The van der Waals surface area contributed by atoms with Crippen molar-refractivity contribution in [2.75, 3.05) is 0 Å². The van der Waals surface area contributed by atoms with Crippen LogP contribution in [0.2, 0.25) is 0 Å². The van der Waals surface area contributed by atoms with Crippen LogP contribution in [0.5, 0.6) is 0 Å². The molecule has 0 radical (unpaired) electrons. The number of aromatic nitrogens is 1. The van der Waals surface area contributed by atoms with E-state index >= 15 is 0 Å². The number of hydrogen-bond acceptors (Lipinski definition) is 3. The van der Waals surface area contributed by atoms with Gasteiger partial charge < -0.3 is 15.2 Å². The van der Waals surface area contributed by atoms with Crippen molar-refractivity contribution in [3.8, 4) is 0 Å². The molecule has 5 nitrogen and oxygen atoms in total. The second-order valence-electron chi connectivity index (χ2n) is 5.60. The lowest BCUT2D eigenvalue weighted by Crippen LogP contribution is -2.38. The van der Waals surface area contributed by atoms with Gasteiger partial charge in [-0.25, -0.2) is 18.0 Å². The van der Waals surface area contributed by atoms with Gasteiger partial charge in [-0.15, -0.1) is 0 Å². The summed E-state index contributed by atoms with van der Waals surface area (Å²) in [5.74, 6) is -3.55. The van der Waals surface area contributed by atoms with E-state index in [2.05, 4.69) is 15.8 Å². The average molecular weight is 341 g/mol. The number of hydrogen-bond donors (Lipinski definition) is 2. The zero-order chi connectivity index (χ0) is 18.0. The minimum Gasteiger partial charge on any atom is -0.361 e. The van der Waals surface area contributed by atoms with Crippen molar-refractivity contribution < 1.29 is 22.5 Å². The van der Waals surface area contributed by atoms with Gasteiger partial charge in [-0.2, -0.15) is 0 Å². The molecule has 1 aromatic heterocycles. The summed E-state index contributed by atoms with van der Waals surface area (Å²) in [6.07, 6.45) is 0. The SMILES string of the molecule is Cc1noc(C)c1[C@H](C)NC(=O)N[C@@H](C)c1cc(F)c(F)c(F)c1. The number of nitrogens with zero attached hydrogens (tertiary/aromatic N) is 1. The van der Waals surface area contributed by atoms with Crippen molar-refractivity contribution in [2.24, 2.45) is 0 Å². The summed E-state index contributed by atoms with van der Waals surface area (Å²) in [6.45, 7) is 6.78. The van der Waals surface area contributed by atoms with Gasteiger partial charge in [-0.3, -0.25) is 0 Å². The van der Waals surface area contributed by atoms with Crippen LogP contribution in [0.4, 0.5) is 18.0 Å². The number of amides is 2. The highest BCUT2D eigenvalue weighted by atomic mass is 19.2. The Labute approximate surface area is 137 Å². The smallest absolute Gasteiger partial charge is 0.315 e. The maximum Gasteiger partial charge on any atom is 0.315 e. The first-order valence-corrected chi connectivity index (χ1v) is 7.35. The molecule has 2 rings (SSSR count). The number of nitrogens with one attached hydrogen (secondary N) is 2. The Balaban J connectivity index is 2.04. The number of rotatable bonds is 4. The first-order chi connectivity index (χ1) is 11.2. The Hall–Kier alpha value is -2.51. The Morgan fingerprint density at radius 2 is 1.62 bits per heavy atom. The van der Waals surface area contributed by atoms with Crippen LogP contribution in [-0.2, 0) is 0 Å². The van der Waals surface area contributed by atoms with Crippen LogP contribution in [0.15, 0.2) is 16.7 Å². The number of benzene rings is 1. The molecule has 0 aliphatic heterocycles. The van der Waals surface area contributed by atoms with Crippen LogP contribution in [0.25, 0.3) is 0 Å². The summed E-state index contributed by atoms with van der Waals surface area (Å²) in [5, 5.41) is 9.05. The van der Waals surface area contributed by atoms with Crippen LogP contribution >= 0.6 is 0 Å². The first-order valence-electron chi connectivity index (χ1n) is 7.35. The van der Waals surface area contributed by atoms with Crippen molar-refractivity contribution in [3.63, 3.8) is 0 Å². The third-order valence-corrected chi connectivity index (χ3v) is 3.72. The first kappa shape index (κ1) is 17.8. The maximum atomic E-state index is 13.3. The molecule has 2 aromatic rings. The van der Waals surface area contributed by atoms with Crippen molar-refractivity contribution in [1.82, 2.24) is 15.8 Å². The van der Waals surface area contributed by atoms with Crippen molar-refractivity contribution >= 4 is 6.03 Å². The predicted octanol–water partition coefficient (Wildman–Crippen LogP) is 3.83. The third kappa shape index (κ3) is 3.69. The van der Waals surface area contributed by atoms with Gasteiger partial charge in [-0.05, 0) is 45.4 Å². The molecule has 24 heavy (non-hydrogen) atoms. The summed E-state index contributed by atoms with van der Waals surface area (Å²) in [7, 11) is 0. The molecule has 0 fully saturated rings. The van der Waals surface area contributed by atoms with Crippen LogP contribution < -0.4 is 10.6 Å². The lowest BCUT2D eigenvalue weighted by molar-refractivity contribution is 0.234. The molecule has 0 spiro atoms. The van der Waals surface area contributed by atoms with E-state index in [4.69, 9.17) is 4.52 Å². The third-order valence-electron chi connectivity index (χ3n) is 3.72. The number of halogens is 3. The minimum atomic E-state index is -1.54. The van der Waals surface area contributed by atoms with Crippen molar-refractivity contribution in [3.05, 3.63) is 52.2 Å². The fraction of sp³-hybridized carbons (Fsp3) is 0.375. The molecule has 8 heteroatoms. The number of carbonyl (C=O) groups excluding carboxylic acids is 1. The average Bonchev–Trinajstić information content (AvgIpc) is 2.83. The summed E-state index contributed by atoms with van der Waals surface area (Å²) in [6, 6.07) is 0.0686. The number of aryl methyl sites for hydroxylation is 2. The van der Waals surface area contributed by atoms with Gasteiger partial charge in [0.2, 0.25) is 0 Å². The van der Waals surface area contributed by atoms with E-state index in [9.17, 15) is 18.0 Å². The second kappa shape index (κ2) is 6.94. The van der Waals surface area contributed by atoms with E-state index in [1.807, 2.05) is 0 Å². The van der Waals surface area contributed by atoms with Gasteiger partial charge in [-0.1, -0.05) is 5.16 Å². The van der Waals surface area contributed by atoms with Crippen molar-refractivity contribution in [1.29, 1.82) is 0 Å². The maximum absolute atomic E-state index is 13.3. The van der Waals surface area contributed by atoms with Crippen LogP contribution in [0, 0.1) is 31.3 Å². The summed E-state index contributed by atoms with van der Waals surface area (Å²) in [5.41, 5.74) is 1.54. The fourth-order valence-electron chi connectivity index (χ4n) is 2.52. The summed E-state index contributed by atoms with van der Waals surface area (Å²) in [4.78, 5) is 12.1. The molecule has 0 saturated carbocycles. The summed E-state index contributed by atoms with van der Waals surface area (Å²) < 4.78 is 44.5. The molecule has 2 atom stereocenters. The highest BCUT2D eigenvalue weighted by Gasteiger charge is 2.20. The molecule has 2 N–H and O–H groups in total. The van der Waals surface area contributed by atoms with E-state index in [1.165, 1.54) is 6.92 Å². The Kier molecular flexibility index (Phi) is 5.16. The van der Waals surface area contributed by atoms with Crippen LogP contribution in [-0.4, -0.2) is 11.2 Å². The number of urea groups is 1. The Morgan fingerprint density at radius 1 is 1.08 bits per heavy atom. The van der Waals surface area contributed by atoms with Gasteiger partial charge >= 0.3 is 6.03 Å². The Morgan fingerprint density at radius 3 is 2.12 bits per heavy atom. The molecule has 1 heterocycles. The van der Waals surface area contributed by atoms with Gasteiger partial charge in [0.05, 0.1) is 17.8 Å². The van der Waals surface area contributed by atoms with E-state index < -0.39 is 29.5 Å². The molecule has 1 aromatic carbocycles. The van der Waals surface area contributed by atoms with E-state index in [0.717, 1.165) is 17.7 Å². The Bertz CT molecular complexity index is 719. The highest BCUT2D eigenvalue weighted by molar-refractivity contribution is 5.75. The lowest BCUT2D eigenvalue weighted by atomic mass is 10.1. The molecule has 0 bridgehead atoms. The van der Waals surface area contributed by atoms with E-state index in [-0.39, 0.29) is 11.6 Å². The minimum absolute atomic E-state index is 0.117. The van der Waals surface area contributed by atoms with Gasteiger partial charge in [0.1, 0.15) is 5.76 Å². The molecule has 130 valence electrons. The van der Waals surface area contributed by atoms with Crippen LogP contribution in [0.3, 0.4) is 0 Å². The molecule has 0 aliphatic carbocycles. The fourth-order valence-corrected chi connectivity index (χ4v) is 2.52. The second-order valence-corrected chi connectivity index (χ2v) is 5.60. The summed E-state index contributed by atoms with van der Waals surface area (Å²) >= 11 is 0. The highest BCUT2D eigenvalue weighted by Crippen LogP contribution is 2.22. The molecule has 0 aliphatic rings. The van der Waals surface area contributed by atoms with Gasteiger partial charge in [0.25, 0.3) is 0 Å². The monoisotopic (exact) mass is 341 g/mol. The topological polar surface area (TPSA) is 67.2 Å². The zero-order valence-corrected chi connectivity index (χ0v) is 13.7. The zero-order valence-electron chi connectivity index (χ0n) is 13.7. The number of carbonyl (C=O) groups is 1. The normalized spacial score (nSPS) is 13.5. The van der Waals surface area contributed by atoms with E-state index in [1.54, 1.807) is 20.8 Å². The quantitative estimate of drug-likeness (QED) is 0.831. The predicted molar refractivity (Wildman–Crippen MR) is 80.8 cm³/mol. The largest absolute Gasteiger partial charge is 0.361 e. The lowest BCUT2D eigenvalue weighted by Gasteiger charge is -2.18. The molecule has 0 saturated heterocycles. The van der Waals surface area contributed by atoms with Gasteiger partial charge in [0.15, 0.2) is 17.5 Å².